The van der Waals surface area contributed by atoms with Crippen LogP contribution in [0.2, 0.25) is 0 Å². The van der Waals surface area contributed by atoms with Crippen molar-refractivity contribution in [1.82, 2.24) is 21.3 Å². The van der Waals surface area contributed by atoms with Crippen LogP contribution in [0, 0.1) is 0 Å². The molecule has 25 nitrogen and oxygen atoms in total. The highest BCUT2D eigenvalue weighted by Gasteiger charge is 2.55. The first-order chi connectivity index (χ1) is 28.0. The van der Waals surface area contributed by atoms with E-state index in [4.69, 9.17) is 43.6 Å². The Kier molecular flexibility index (Phi) is 18.3. The SMILES string of the molecule is CC(C)(C)OC(=O)NCC[C@H](O)C(=O)N[C@@H]1OC(NC(=O)OC(C)(C)C)[C@H](O[C@@H]2OC(CN)[C@H](O)[C@H](O)C2O)[C@H](O)C1O[C@@H]1OC(CO)[C@H](O)[C@H](NC(=O)OC(C)(C)C)C1O. The van der Waals surface area contributed by atoms with Crippen LogP contribution in [0.25, 0.3) is 0 Å². The van der Waals surface area contributed by atoms with Crippen molar-refractivity contribution in [3.8, 4) is 0 Å². The number of carbonyl (C=O) groups excluding carboxylic acids is 4. The van der Waals surface area contributed by atoms with Crippen molar-refractivity contribution in [2.75, 3.05) is 19.7 Å². The Hall–Kier alpha value is -3.28. The molecule has 3 heterocycles. The Bertz CT molecular complexity index is 1460. The molecule has 6 unspecified atom stereocenters. The van der Waals surface area contributed by atoms with E-state index in [2.05, 4.69) is 21.3 Å². The number of rotatable bonds is 13. The second kappa shape index (κ2) is 21.4. The van der Waals surface area contributed by atoms with Gasteiger partial charge in [0.05, 0.1) is 12.6 Å². The minimum absolute atomic E-state index is 0.261. The molecule has 4 amide bonds. The largest absolute Gasteiger partial charge is 0.444 e. The van der Waals surface area contributed by atoms with E-state index in [1.54, 1.807) is 41.5 Å². The summed E-state index contributed by atoms with van der Waals surface area (Å²) in [6.45, 7) is 12.6. The number of ether oxygens (including phenoxy) is 8. The van der Waals surface area contributed by atoms with Crippen LogP contribution in [0.5, 0.6) is 0 Å². The van der Waals surface area contributed by atoms with Gasteiger partial charge in [0.2, 0.25) is 0 Å². The minimum atomic E-state index is -2.16. The summed E-state index contributed by atoms with van der Waals surface area (Å²) >= 11 is 0. The molecule has 0 aromatic heterocycles. The molecule has 0 radical (unpaired) electrons. The fourth-order valence-corrected chi connectivity index (χ4v) is 6.16. The van der Waals surface area contributed by atoms with Crippen LogP contribution < -0.4 is 27.0 Å². The van der Waals surface area contributed by atoms with Crippen LogP contribution in [-0.2, 0) is 42.7 Å². The monoisotopic (exact) mass is 887 g/mol. The molecular formula is C36H65N5O20. The predicted molar refractivity (Wildman–Crippen MR) is 203 cm³/mol. The Morgan fingerprint density at radius 3 is 1.59 bits per heavy atom. The van der Waals surface area contributed by atoms with E-state index in [9.17, 15) is 60.0 Å². The third-order valence-corrected chi connectivity index (χ3v) is 8.95. The second-order valence-electron chi connectivity index (χ2n) is 17.7. The summed E-state index contributed by atoms with van der Waals surface area (Å²) in [7, 11) is 0. The molecule has 0 aromatic carbocycles. The molecule has 3 fully saturated rings. The normalized spacial score (nSPS) is 35.3. The molecule has 3 saturated heterocycles. The van der Waals surface area contributed by atoms with Crippen molar-refractivity contribution in [2.24, 2.45) is 5.73 Å². The maximum Gasteiger partial charge on any atom is 0.409 e. The van der Waals surface area contributed by atoms with Gasteiger partial charge in [0.25, 0.3) is 5.91 Å². The van der Waals surface area contributed by atoms with Crippen LogP contribution >= 0.6 is 0 Å². The highest BCUT2D eigenvalue weighted by atomic mass is 16.7. The molecule has 3 aliphatic rings. The van der Waals surface area contributed by atoms with E-state index >= 15 is 0 Å². The summed E-state index contributed by atoms with van der Waals surface area (Å²) in [5.41, 5.74) is 2.73. The van der Waals surface area contributed by atoms with E-state index in [-0.39, 0.29) is 19.5 Å². The lowest BCUT2D eigenvalue weighted by atomic mass is 9.95. The van der Waals surface area contributed by atoms with Gasteiger partial charge >= 0.3 is 18.3 Å². The van der Waals surface area contributed by atoms with E-state index in [0.717, 1.165) is 0 Å². The number of aliphatic hydroxyl groups excluding tert-OH is 8. The van der Waals surface area contributed by atoms with Gasteiger partial charge < -0.3 is 100 Å². The fourth-order valence-electron chi connectivity index (χ4n) is 6.16. The van der Waals surface area contributed by atoms with Gasteiger partial charge in [-0.3, -0.25) is 10.1 Å². The Balaban J connectivity index is 2.02. The zero-order chi connectivity index (χ0) is 46.4. The lowest BCUT2D eigenvalue weighted by Gasteiger charge is -2.49. The first kappa shape index (κ1) is 52.1. The number of carbonyl (C=O) groups is 4. The number of amides is 4. The number of aliphatic hydroxyl groups is 8. The third-order valence-electron chi connectivity index (χ3n) is 8.95. The molecule has 0 bridgehead atoms. The number of nitrogens with one attached hydrogen (secondary N) is 4. The van der Waals surface area contributed by atoms with Crippen LogP contribution in [0.3, 0.4) is 0 Å². The number of hydrogen-bond acceptors (Lipinski definition) is 21. The summed E-state index contributed by atoms with van der Waals surface area (Å²) in [6, 6.07) is -1.65. The molecule has 25 heteroatoms. The Morgan fingerprint density at radius 1 is 0.607 bits per heavy atom. The van der Waals surface area contributed by atoms with E-state index < -0.39 is 146 Å². The Morgan fingerprint density at radius 2 is 1.08 bits per heavy atom. The van der Waals surface area contributed by atoms with Gasteiger partial charge in [-0.1, -0.05) is 0 Å². The summed E-state index contributed by atoms with van der Waals surface area (Å²) in [4.78, 5) is 51.4. The maximum absolute atomic E-state index is 13.5. The maximum atomic E-state index is 13.5. The van der Waals surface area contributed by atoms with Crippen LogP contribution in [0.15, 0.2) is 0 Å². The summed E-state index contributed by atoms with van der Waals surface area (Å²) in [6.07, 6.45) is -31.3. The van der Waals surface area contributed by atoms with E-state index in [1.165, 1.54) is 20.8 Å². The fraction of sp³-hybridized carbons (Fsp3) is 0.889. The third kappa shape index (κ3) is 15.2. The smallest absolute Gasteiger partial charge is 0.409 e. The molecule has 61 heavy (non-hydrogen) atoms. The summed E-state index contributed by atoms with van der Waals surface area (Å²) < 4.78 is 44.8. The zero-order valence-electron chi connectivity index (χ0n) is 35.6. The zero-order valence-corrected chi connectivity index (χ0v) is 35.6. The van der Waals surface area contributed by atoms with Crippen molar-refractivity contribution in [3.63, 3.8) is 0 Å². The molecule has 0 aliphatic carbocycles. The standard InChI is InChI=1S/C36H65N5O20/c1-34(2,3)59-31(51)38-11-10-14(43)26(50)40-27-24(56-29-20(46)17(18(44)16(13-42)55-29)39-32(52)60-35(4,5)6)23(49)25(28(58-27)41-33(53)61-36(7,8)9)57-30-22(48)21(47)19(45)15(12-37)54-30/h14-25,27-30,42-49H,10-13,37H2,1-9H3,(H,38,51)(H,39,52)(H,40,50)(H,41,53)/t14-,15?,16?,17-,18-,19-,20?,21-,22?,23+,24?,25+,27+,28?,29-,30-/m0/s1. The van der Waals surface area contributed by atoms with Crippen LogP contribution in [0.1, 0.15) is 68.7 Å². The summed E-state index contributed by atoms with van der Waals surface area (Å²) in [5, 5.41) is 96.3. The molecule has 0 saturated carbocycles. The molecule has 354 valence electrons. The average molecular weight is 888 g/mol. The predicted octanol–water partition coefficient (Wildman–Crippen LogP) is -4.18. The Labute approximate surface area is 352 Å². The topological polar surface area (TPSA) is 378 Å². The molecule has 3 rings (SSSR count). The van der Waals surface area contributed by atoms with Gasteiger partial charge in [-0.2, -0.15) is 0 Å². The highest BCUT2D eigenvalue weighted by Crippen LogP contribution is 2.32. The van der Waals surface area contributed by atoms with Gasteiger partial charge in [0.15, 0.2) is 25.0 Å². The first-order valence-electron chi connectivity index (χ1n) is 19.7. The van der Waals surface area contributed by atoms with Gasteiger partial charge in [-0.05, 0) is 68.7 Å². The number of alkyl carbamates (subject to hydrolysis) is 3. The van der Waals surface area contributed by atoms with Crippen molar-refractivity contribution in [1.29, 1.82) is 0 Å². The minimum Gasteiger partial charge on any atom is -0.444 e. The molecule has 14 N–H and O–H groups in total. The lowest BCUT2D eigenvalue weighted by Crippen LogP contribution is -2.71. The first-order valence-corrected chi connectivity index (χ1v) is 19.7. The molecular weight excluding hydrogens is 822 g/mol. The number of hydrogen-bond donors (Lipinski definition) is 13. The highest BCUT2D eigenvalue weighted by molar-refractivity contribution is 5.80. The number of nitrogens with two attached hydrogens (primary N) is 1. The van der Waals surface area contributed by atoms with Gasteiger partial charge in [0.1, 0.15) is 83.9 Å². The lowest BCUT2D eigenvalue weighted by molar-refractivity contribution is -0.360. The van der Waals surface area contributed by atoms with Crippen molar-refractivity contribution in [3.05, 3.63) is 0 Å². The van der Waals surface area contributed by atoms with Crippen molar-refractivity contribution < 1.29 is 97.9 Å². The van der Waals surface area contributed by atoms with Crippen molar-refractivity contribution in [2.45, 2.75) is 184 Å². The molecule has 0 spiro atoms. The van der Waals surface area contributed by atoms with Gasteiger partial charge in [-0.15, -0.1) is 0 Å². The van der Waals surface area contributed by atoms with Gasteiger partial charge in [0, 0.05) is 13.1 Å². The quantitative estimate of drug-likeness (QED) is 0.0780. The second-order valence-corrected chi connectivity index (χ2v) is 17.7. The molecule has 3 aliphatic heterocycles. The average Bonchev–Trinajstić information content (AvgIpc) is 3.11. The van der Waals surface area contributed by atoms with Crippen LogP contribution in [-0.4, -0.2) is 200 Å². The van der Waals surface area contributed by atoms with E-state index in [0.29, 0.717) is 0 Å². The van der Waals surface area contributed by atoms with Gasteiger partial charge in [-0.25, -0.2) is 14.4 Å². The van der Waals surface area contributed by atoms with Crippen LogP contribution in [0.4, 0.5) is 14.4 Å². The van der Waals surface area contributed by atoms with E-state index in [1.807, 2.05) is 0 Å². The van der Waals surface area contributed by atoms with Crippen molar-refractivity contribution >= 4 is 24.2 Å². The summed E-state index contributed by atoms with van der Waals surface area (Å²) in [5.74, 6) is -1.18. The molecule has 0 aromatic rings. The molecule has 16 atom stereocenters.